The summed E-state index contributed by atoms with van der Waals surface area (Å²) in [7, 11) is 0. The van der Waals surface area contributed by atoms with Gasteiger partial charge in [0.1, 0.15) is 0 Å². The number of hydrogen-bond acceptors (Lipinski definition) is 3. The maximum atomic E-state index is 11.7. The molecular weight excluding hydrogens is 218 g/mol. The topological polar surface area (TPSA) is 87.7 Å². The lowest BCUT2D eigenvalue weighted by molar-refractivity contribution is -0.123. The van der Waals surface area contributed by atoms with Crippen LogP contribution in [0.1, 0.15) is 25.5 Å². The van der Waals surface area contributed by atoms with Gasteiger partial charge in [0.2, 0.25) is 5.91 Å². The summed E-state index contributed by atoms with van der Waals surface area (Å²) in [5.74, 6) is -1.01. The fraction of sp³-hybridized carbons (Fsp3) is 0.333. The number of amidine groups is 1. The number of oxime groups is 1. The van der Waals surface area contributed by atoms with Crippen molar-refractivity contribution in [2.24, 2.45) is 16.8 Å². The molecule has 0 saturated heterocycles. The SMILES string of the molecule is CC(C(=O)NC(C)c1ccccc1)/C(N)=N/O. The van der Waals surface area contributed by atoms with Crippen molar-refractivity contribution in [3.8, 4) is 0 Å². The lowest BCUT2D eigenvalue weighted by Crippen LogP contribution is -2.38. The van der Waals surface area contributed by atoms with Crippen molar-refractivity contribution in [1.29, 1.82) is 0 Å². The molecule has 0 aliphatic heterocycles. The highest BCUT2D eigenvalue weighted by Crippen LogP contribution is 2.11. The number of rotatable bonds is 4. The van der Waals surface area contributed by atoms with Crippen LogP contribution < -0.4 is 11.1 Å². The van der Waals surface area contributed by atoms with Crippen LogP contribution in [0.2, 0.25) is 0 Å². The van der Waals surface area contributed by atoms with Crippen LogP contribution in [-0.2, 0) is 4.79 Å². The second kappa shape index (κ2) is 5.89. The van der Waals surface area contributed by atoms with Crippen molar-refractivity contribution in [3.63, 3.8) is 0 Å². The molecular formula is C12H17N3O2. The second-order valence-corrected chi connectivity index (χ2v) is 3.89. The lowest BCUT2D eigenvalue weighted by atomic mass is 10.1. The standard InChI is InChI=1S/C12H17N3O2/c1-8(11(13)15-17)12(16)14-9(2)10-6-4-3-5-7-10/h3-9,17H,1-2H3,(H2,13,15)(H,14,16). The fourth-order valence-electron chi connectivity index (χ4n) is 1.38. The van der Waals surface area contributed by atoms with E-state index in [0.29, 0.717) is 0 Å². The third-order valence-electron chi connectivity index (χ3n) is 2.61. The Bertz CT molecular complexity index is 403. The second-order valence-electron chi connectivity index (χ2n) is 3.89. The monoisotopic (exact) mass is 235 g/mol. The summed E-state index contributed by atoms with van der Waals surface area (Å²) in [5, 5.41) is 14.1. The molecule has 0 heterocycles. The van der Waals surface area contributed by atoms with Gasteiger partial charge in [0.25, 0.3) is 0 Å². The highest BCUT2D eigenvalue weighted by molar-refractivity contribution is 6.01. The summed E-state index contributed by atoms with van der Waals surface area (Å²) in [6.07, 6.45) is 0. The number of hydrogen-bond donors (Lipinski definition) is 3. The molecule has 0 radical (unpaired) electrons. The first-order valence-electron chi connectivity index (χ1n) is 5.39. The van der Waals surface area contributed by atoms with Gasteiger partial charge in [0.05, 0.1) is 12.0 Å². The summed E-state index contributed by atoms with van der Waals surface area (Å²) in [4.78, 5) is 11.7. The van der Waals surface area contributed by atoms with E-state index < -0.39 is 5.92 Å². The Morgan fingerprint density at radius 3 is 2.47 bits per heavy atom. The number of nitrogens with two attached hydrogens (primary N) is 1. The first-order valence-corrected chi connectivity index (χ1v) is 5.39. The van der Waals surface area contributed by atoms with Gasteiger partial charge in [-0.2, -0.15) is 0 Å². The summed E-state index contributed by atoms with van der Waals surface area (Å²) in [6, 6.07) is 9.48. The quantitative estimate of drug-likeness (QED) is 0.317. The van der Waals surface area contributed by atoms with Crippen LogP contribution in [0.15, 0.2) is 35.5 Å². The van der Waals surface area contributed by atoms with Crippen LogP contribution in [0.25, 0.3) is 0 Å². The number of amides is 1. The molecule has 1 aromatic rings. The molecule has 0 bridgehead atoms. The van der Waals surface area contributed by atoms with Gasteiger partial charge in [0, 0.05) is 0 Å². The van der Waals surface area contributed by atoms with Crippen molar-refractivity contribution < 1.29 is 10.0 Å². The van der Waals surface area contributed by atoms with E-state index in [1.54, 1.807) is 6.92 Å². The van der Waals surface area contributed by atoms with E-state index in [1.807, 2.05) is 37.3 Å². The van der Waals surface area contributed by atoms with E-state index in [9.17, 15) is 4.79 Å². The fourth-order valence-corrected chi connectivity index (χ4v) is 1.38. The molecule has 17 heavy (non-hydrogen) atoms. The van der Waals surface area contributed by atoms with E-state index in [4.69, 9.17) is 10.9 Å². The van der Waals surface area contributed by atoms with Crippen LogP contribution in [0.5, 0.6) is 0 Å². The lowest BCUT2D eigenvalue weighted by Gasteiger charge is -2.17. The first kappa shape index (κ1) is 13.0. The van der Waals surface area contributed by atoms with E-state index >= 15 is 0 Å². The molecule has 4 N–H and O–H groups in total. The molecule has 1 amide bonds. The van der Waals surface area contributed by atoms with Gasteiger partial charge in [-0.05, 0) is 19.4 Å². The number of carbonyl (C=O) groups is 1. The van der Waals surface area contributed by atoms with Crippen molar-refractivity contribution in [1.82, 2.24) is 5.32 Å². The Morgan fingerprint density at radius 2 is 1.94 bits per heavy atom. The Morgan fingerprint density at radius 1 is 1.35 bits per heavy atom. The average molecular weight is 235 g/mol. The first-order chi connectivity index (χ1) is 8.06. The third-order valence-corrected chi connectivity index (χ3v) is 2.61. The summed E-state index contributed by atoms with van der Waals surface area (Å²) in [5.41, 5.74) is 6.38. The Kier molecular flexibility index (Phi) is 4.51. The minimum absolute atomic E-state index is 0.0947. The van der Waals surface area contributed by atoms with Crippen LogP contribution in [-0.4, -0.2) is 17.0 Å². The Labute approximate surface area is 100 Å². The zero-order valence-electron chi connectivity index (χ0n) is 9.92. The van der Waals surface area contributed by atoms with Crippen LogP contribution in [0.3, 0.4) is 0 Å². The molecule has 92 valence electrons. The number of benzene rings is 1. The number of nitrogens with one attached hydrogen (secondary N) is 1. The predicted molar refractivity (Wildman–Crippen MR) is 65.6 cm³/mol. The summed E-state index contributed by atoms with van der Waals surface area (Å²) in [6.45, 7) is 3.47. The van der Waals surface area contributed by atoms with Gasteiger partial charge in [-0.1, -0.05) is 35.5 Å². The van der Waals surface area contributed by atoms with Crippen molar-refractivity contribution in [3.05, 3.63) is 35.9 Å². The van der Waals surface area contributed by atoms with Gasteiger partial charge < -0.3 is 16.3 Å². The summed E-state index contributed by atoms with van der Waals surface area (Å²) >= 11 is 0. The maximum absolute atomic E-state index is 11.7. The molecule has 0 aliphatic carbocycles. The number of carbonyl (C=O) groups excluding carboxylic acids is 1. The molecule has 5 heteroatoms. The average Bonchev–Trinajstić information content (AvgIpc) is 2.37. The molecule has 0 spiro atoms. The molecule has 2 unspecified atom stereocenters. The molecule has 1 rings (SSSR count). The molecule has 0 aromatic heterocycles. The molecule has 1 aromatic carbocycles. The number of nitrogens with zero attached hydrogens (tertiary/aromatic N) is 1. The normalized spacial score (nSPS) is 15.1. The zero-order valence-corrected chi connectivity index (χ0v) is 9.92. The molecule has 2 atom stereocenters. The van der Waals surface area contributed by atoms with E-state index in [-0.39, 0.29) is 17.8 Å². The minimum Gasteiger partial charge on any atom is -0.409 e. The van der Waals surface area contributed by atoms with E-state index in [2.05, 4.69) is 10.5 Å². The molecule has 5 nitrogen and oxygen atoms in total. The Hall–Kier alpha value is -2.04. The Balaban J connectivity index is 2.64. The van der Waals surface area contributed by atoms with Gasteiger partial charge in [-0.3, -0.25) is 4.79 Å². The highest BCUT2D eigenvalue weighted by Gasteiger charge is 2.19. The molecule has 0 saturated carbocycles. The van der Waals surface area contributed by atoms with Gasteiger partial charge in [-0.25, -0.2) is 0 Å². The third kappa shape index (κ3) is 3.48. The predicted octanol–water partition coefficient (Wildman–Crippen LogP) is 1.25. The van der Waals surface area contributed by atoms with Crippen LogP contribution in [0, 0.1) is 5.92 Å². The molecule has 0 fully saturated rings. The highest BCUT2D eigenvalue weighted by atomic mass is 16.4. The van der Waals surface area contributed by atoms with Gasteiger partial charge in [-0.15, -0.1) is 0 Å². The largest absolute Gasteiger partial charge is 0.409 e. The van der Waals surface area contributed by atoms with Crippen molar-refractivity contribution >= 4 is 11.7 Å². The van der Waals surface area contributed by atoms with Gasteiger partial charge >= 0.3 is 0 Å². The van der Waals surface area contributed by atoms with E-state index in [0.717, 1.165) is 5.56 Å². The van der Waals surface area contributed by atoms with Crippen LogP contribution >= 0.6 is 0 Å². The van der Waals surface area contributed by atoms with Crippen molar-refractivity contribution in [2.45, 2.75) is 19.9 Å². The minimum atomic E-state index is -0.647. The smallest absolute Gasteiger partial charge is 0.231 e. The zero-order chi connectivity index (χ0) is 12.8. The van der Waals surface area contributed by atoms with Crippen LogP contribution in [0.4, 0.5) is 0 Å². The maximum Gasteiger partial charge on any atom is 0.231 e. The molecule has 0 aliphatic rings. The van der Waals surface area contributed by atoms with E-state index in [1.165, 1.54) is 0 Å². The van der Waals surface area contributed by atoms with Crippen molar-refractivity contribution in [2.75, 3.05) is 0 Å². The van der Waals surface area contributed by atoms with Gasteiger partial charge in [0.15, 0.2) is 5.84 Å². The summed E-state index contributed by atoms with van der Waals surface area (Å²) < 4.78 is 0.